The van der Waals surface area contributed by atoms with Crippen LogP contribution in [0.3, 0.4) is 0 Å². The van der Waals surface area contributed by atoms with Gasteiger partial charge in [0.1, 0.15) is 12.1 Å². The number of fused-ring (bicyclic) bond motifs is 1. The number of carbonyl (C=O) groups excluding carboxylic acids is 2. The molecule has 1 aliphatic heterocycles. The van der Waals surface area contributed by atoms with Gasteiger partial charge < -0.3 is 20.6 Å². The Bertz CT molecular complexity index is 731. The fraction of sp³-hybridized carbons (Fsp3) is 0.550. The first-order valence-electron chi connectivity index (χ1n) is 9.65. The maximum atomic E-state index is 13.1. The van der Waals surface area contributed by atoms with Crippen LogP contribution in [0.25, 0.3) is 0 Å². The molecule has 1 aromatic rings. The Morgan fingerprint density at radius 2 is 2.07 bits per heavy atom. The van der Waals surface area contributed by atoms with E-state index >= 15 is 0 Å². The van der Waals surface area contributed by atoms with Gasteiger partial charge in [0, 0.05) is 12.3 Å². The Kier molecular flexibility index (Phi) is 9.32. The largest absolute Gasteiger partial charge is 0.480 e. The lowest BCUT2D eigenvalue weighted by molar-refractivity contribution is -0.145. The molecule has 9 heteroatoms. The number of nitrogens with one attached hydrogen (secondary N) is 2. The zero-order chi connectivity index (χ0) is 21.4. The summed E-state index contributed by atoms with van der Waals surface area (Å²) in [5.74, 6) is -0.742. The second-order valence-electron chi connectivity index (χ2n) is 6.99. The molecule has 0 radical (unpaired) electrons. The molecule has 0 spiro atoms. The summed E-state index contributed by atoms with van der Waals surface area (Å²) in [4.78, 5) is 39.3. The van der Waals surface area contributed by atoms with Gasteiger partial charge in [-0.3, -0.25) is 9.59 Å². The number of hydrogen-bond donors (Lipinski definition) is 4. The highest BCUT2D eigenvalue weighted by atomic mass is 32.2. The number of benzene rings is 1. The van der Waals surface area contributed by atoms with Gasteiger partial charge in [0.15, 0.2) is 0 Å². The first kappa shape index (κ1) is 23.6. The maximum absolute atomic E-state index is 13.1. The SMILES string of the molecule is CSC[C@H](NC(=O)[C@@H]1c2ccccc2CCN1C(=O)[C@H](C)NCCCS)C(=O)O. The van der Waals surface area contributed by atoms with Gasteiger partial charge in [-0.25, -0.2) is 4.79 Å². The van der Waals surface area contributed by atoms with Crippen LogP contribution in [0.1, 0.15) is 30.5 Å². The van der Waals surface area contributed by atoms with Crippen molar-refractivity contribution in [2.75, 3.05) is 30.9 Å². The highest BCUT2D eigenvalue weighted by molar-refractivity contribution is 7.98. The molecule has 0 fully saturated rings. The number of carboxylic acids is 1. The van der Waals surface area contributed by atoms with Crippen LogP contribution >= 0.6 is 24.4 Å². The summed E-state index contributed by atoms with van der Waals surface area (Å²) in [7, 11) is 0. The summed E-state index contributed by atoms with van der Waals surface area (Å²) < 4.78 is 0. The van der Waals surface area contributed by atoms with Crippen molar-refractivity contribution in [3.05, 3.63) is 35.4 Å². The molecule has 0 saturated carbocycles. The number of hydrogen-bond acceptors (Lipinski definition) is 6. The van der Waals surface area contributed by atoms with Crippen molar-refractivity contribution in [3.8, 4) is 0 Å². The molecule has 1 aromatic carbocycles. The molecule has 0 unspecified atom stereocenters. The quantitative estimate of drug-likeness (QED) is 0.324. The van der Waals surface area contributed by atoms with Crippen molar-refractivity contribution in [2.45, 2.75) is 37.9 Å². The summed E-state index contributed by atoms with van der Waals surface area (Å²) in [5, 5.41) is 15.2. The van der Waals surface area contributed by atoms with Crippen LogP contribution in [0.15, 0.2) is 24.3 Å². The fourth-order valence-corrected chi connectivity index (χ4v) is 4.13. The van der Waals surface area contributed by atoms with Gasteiger partial charge in [-0.15, -0.1) is 0 Å². The molecule has 160 valence electrons. The van der Waals surface area contributed by atoms with Crippen molar-refractivity contribution in [1.82, 2.24) is 15.5 Å². The lowest BCUT2D eigenvalue weighted by atomic mass is 9.91. The predicted octanol–water partition coefficient (Wildman–Crippen LogP) is 1.34. The van der Waals surface area contributed by atoms with Crippen molar-refractivity contribution < 1.29 is 19.5 Å². The summed E-state index contributed by atoms with van der Waals surface area (Å²) in [6.45, 7) is 2.85. The molecule has 3 N–H and O–H groups in total. The molecule has 1 aliphatic rings. The summed E-state index contributed by atoms with van der Waals surface area (Å²) in [6, 6.07) is 5.22. The topological polar surface area (TPSA) is 98.7 Å². The second-order valence-corrected chi connectivity index (χ2v) is 8.35. The highest BCUT2D eigenvalue weighted by Crippen LogP contribution is 2.30. The van der Waals surface area contributed by atoms with Crippen LogP contribution in [-0.2, 0) is 20.8 Å². The molecule has 2 amide bonds. The number of rotatable bonds is 10. The van der Waals surface area contributed by atoms with E-state index in [0.29, 0.717) is 19.5 Å². The number of amides is 2. The van der Waals surface area contributed by atoms with Gasteiger partial charge in [0.2, 0.25) is 11.8 Å². The second kappa shape index (κ2) is 11.5. The van der Waals surface area contributed by atoms with E-state index < -0.39 is 30.0 Å². The predicted molar refractivity (Wildman–Crippen MR) is 118 cm³/mol. The molecule has 7 nitrogen and oxygen atoms in total. The maximum Gasteiger partial charge on any atom is 0.327 e. The van der Waals surface area contributed by atoms with E-state index in [4.69, 9.17) is 0 Å². The molecule has 1 heterocycles. The van der Waals surface area contributed by atoms with Crippen molar-refractivity contribution in [3.63, 3.8) is 0 Å². The molecule has 0 bridgehead atoms. The molecule has 0 aromatic heterocycles. The first-order valence-corrected chi connectivity index (χ1v) is 11.7. The van der Waals surface area contributed by atoms with Crippen LogP contribution in [0.4, 0.5) is 0 Å². The van der Waals surface area contributed by atoms with Gasteiger partial charge in [-0.1, -0.05) is 24.3 Å². The Hall–Kier alpha value is -1.71. The van der Waals surface area contributed by atoms with E-state index in [-0.39, 0.29) is 11.7 Å². The smallest absolute Gasteiger partial charge is 0.327 e. The van der Waals surface area contributed by atoms with Crippen molar-refractivity contribution in [2.24, 2.45) is 0 Å². The third kappa shape index (κ3) is 6.13. The van der Waals surface area contributed by atoms with E-state index in [1.807, 2.05) is 24.3 Å². The van der Waals surface area contributed by atoms with Crippen LogP contribution in [-0.4, -0.2) is 70.7 Å². The number of thioether (sulfide) groups is 1. The molecule has 29 heavy (non-hydrogen) atoms. The van der Waals surface area contributed by atoms with Gasteiger partial charge in [0.25, 0.3) is 0 Å². The van der Waals surface area contributed by atoms with E-state index in [9.17, 15) is 19.5 Å². The van der Waals surface area contributed by atoms with Gasteiger partial charge in [0.05, 0.1) is 6.04 Å². The lowest BCUT2D eigenvalue weighted by Crippen LogP contribution is -2.54. The number of carboxylic acid groups (broad SMARTS) is 1. The Labute approximate surface area is 181 Å². The number of aliphatic carboxylic acids is 1. The molecule has 0 aliphatic carbocycles. The standard InChI is InChI=1S/C20H29N3O4S2/c1-13(21-9-5-11-28)19(25)23-10-8-14-6-3-4-7-15(14)17(23)18(24)22-16(12-29-2)20(26)27/h3-4,6-7,13,16-17,21,28H,5,8-12H2,1-2H3,(H,22,24)(H,26,27)/t13-,16-,17-/m0/s1. The Morgan fingerprint density at radius 1 is 1.34 bits per heavy atom. The lowest BCUT2D eigenvalue weighted by Gasteiger charge is -2.38. The van der Waals surface area contributed by atoms with Crippen LogP contribution in [0.2, 0.25) is 0 Å². The van der Waals surface area contributed by atoms with Crippen molar-refractivity contribution in [1.29, 1.82) is 0 Å². The zero-order valence-electron chi connectivity index (χ0n) is 16.8. The Morgan fingerprint density at radius 3 is 2.72 bits per heavy atom. The molecular weight excluding hydrogens is 410 g/mol. The third-order valence-electron chi connectivity index (χ3n) is 4.92. The first-order chi connectivity index (χ1) is 13.9. The van der Waals surface area contributed by atoms with Crippen LogP contribution in [0.5, 0.6) is 0 Å². The summed E-state index contributed by atoms with van der Waals surface area (Å²) in [5.41, 5.74) is 1.75. The van der Waals surface area contributed by atoms with Crippen molar-refractivity contribution >= 4 is 42.2 Å². The Balaban J connectivity index is 2.27. The highest BCUT2D eigenvalue weighted by Gasteiger charge is 2.38. The van der Waals surface area contributed by atoms with Gasteiger partial charge in [-0.05, 0) is 49.4 Å². The summed E-state index contributed by atoms with van der Waals surface area (Å²) >= 11 is 5.52. The minimum Gasteiger partial charge on any atom is -0.480 e. The molecule has 0 saturated heterocycles. The van der Waals surface area contributed by atoms with E-state index in [2.05, 4.69) is 23.3 Å². The van der Waals surface area contributed by atoms with Crippen LogP contribution < -0.4 is 10.6 Å². The van der Waals surface area contributed by atoms with Gasteiger partial charge >= 0.3 is 5.97 Å². The third-order valence-corrected chi connectivity index (χ3v) is 5.90. The van der Waals surface area contributed by atoms with E-state index in [1.54, 1.807) is 18.1 Å². The zero-order valence-corrected chi connectivity index (χ0v) is 18.5. The monoisotopic (exact) mass is 439 g/mol. The van der Waals surface area contributed by atoms with Crippen LogP contribution in [0, 0.1) is 0 Å². The summed E-state index contributed by atoms with van der Waals surface area (Å²) in [6.07, 6.45) is 3.27. The number of carbonyl (C=O) groups is 3. The van der Waals surface area contributed by atoms with E-state index in [1.165, 1.54) is 11.8 Å². The average Bonchev–Trinajstić information content (AvgIpc) is 2.71. The average molecular weight is 440 g/mol. The normalized spacial score (nSPS) is 17.9. The fourth-order valence-electron chi connectivity index (χ4n) is 3.41. The number of nitrogens with zero attached hydrogens (tertiary/aromatic N) is 1. The minimum atomic E-state index is -1.09. The minimum absolute atomic E-state index is 0.171. The van der Waals surface area contributed by atoms with E-state index in [0.717, 1.165) is 23.3 Å². The molecular formula is C20H29N3O4S2. The molecule has 3 atom stereocenters. The number of thiol groups is 1. The molecule has 2 rings (SSSR count). The van der Waals surface area contributed by atoms with Gasteiger partial charge in [-0.2, -0.15) is 24.4 Å².